The van der Waals surface area contributed by atoms with Gasteiger partial charge in [0.15, 0.2) is 0 Å². The van der Waals surface area contributed by atoms with Gasteiger partial charge in [0.1, 0.15) is 6.04 Å². The van der Waals surface area contributed by atoms with E-state index in [1.165, 1.54) is 7.11 Å². The lowest BCUT2D eigenvalue weighted by Gasteiger charge is -2.20. The van der Waals surface area contributed by atoms with Crippen LogP contribution in [-0.4, -0.2) is 28.7 Å². The number of anilines is 1. The second-order valence-electron chi connectivity index (χ2n) is 4.87. The Kier molecular flexibility index (Phi) is 3.74. The van der Waals surface area contributed by atoms with Gasteiger partial charge in [-0.1, -0.05) is 26.0 Å². The van der Waals surface area contributed by atoms with Crippen molar-refractivity contribution < 1.29 is 9.53 Å². The van der Waals surface area contributed by atoms with E-state index in [0.717, 1.165) is 11.0 Å². The summed E-state index contributed by atoms with van der Waals surface area (Å²) in [5, 5.41) is 3.16. The summed E-state index contributed by atoms with van der Waals surface area (Å²) < 4.78 is 6.76. The number of rotatable bonds is 4. The summed E-state index contributed by atoms with van der Waals surface area (Å²) in [6.07, 6.45) is 0. The molecular weight excluding hydrogens is 242 g/mol. The number of esters is 1. The van der Waals surface area contributed by atoms with Crippen molar-refractivity contribution >= 4 is 23.0 Å². The van der Waals surface area contributed by atoms with Crippen LogP contribution in [0.25, 0.3) is 11.0 Å². The van der Waals surface area contributed by atoms with Crippen LogP contribution in [0.4, 0.5) is 5.95 Å². The highest BCUT2D eigenvalue weighted by atomic mass is 16.5. The molecule has 1 atom stereocenters. The molecule has 19 heavy (non-hydrogen) atoms. The summed E-state index contributed by atoms with van der Waals surface area (Å²) in [5.41, 5.74) is 1.93. The fourth-order valence-electron chi connectivity index (χ4n) is 2.04. The summed E-state index contributed by atoms with van der Waals surface area (Å²) >= 11 is 0. The van der Waals surface area contributed by atoms with Crippen LogP contribution in [-0.2, 0) is 16.6 Å². The van der Waals surface area contributed by atoms with Gasteiger partial charge in [-0.05, 0) is 18.1 Å². The zero-order chi connectivity index (χ0) is 14.0. The van der Waals surface area contributed by atoms with Crippen molar-refractivity contribution in [3.8, 4) is 0 Å². The third-order valence-corrected chi connectivity index (χ3v) is 3.19. The van der Waals surface area contributed by atoms with Crippen molar-refractivity contribution in [1.29, 1.82) is 0 Å². The van der Waals surface area contributed by atoms with E-state index in [2.05, 4.69) is 10.3 Å². The van der Waals surface area contributed by atoms with Crippen LogP contribution in [0, 0.1) is 5.92 Å². The van der Waals surface area contributed by atoms with Gasteiger partial charge in [0.25, 0.3) is 0 Å². The molecule has 102 valence electrons. The number of benzene rings is 1. The van der Waals surface area contributed by atoms with Crippen molar-refractivity contribution in [2.75, 3.05) is 12.4 Å². The van der Waals surface area contributed by atoms with Crippen LogP contribution in [0.2, 0.25) is 0 Å². The number of methoxy groups -OCH3 is 1. The number of hydrogen-bond acceptors (Lipinski definition) is 4. The number of hydrogen-bond donors (Lipinski definition) is 1. The van der Waals surface area contributed by atoms with Crippen LogP contribution in [0.3, 0.4) is 0 Å². The maximum atomic E-state index is 11.8. The van der Waals surface area contributed by atoms with E-state index in [0.29, 0.717) is 5.95 Å². The minimum absolute atomic E-state index is 0.118. The summed E-state index contributed by atoms with van der Waals surface area (Å²) in [5.74, 6) is 0.514. The van der Waals surface area contributed by atoms with Gasteiger partial charge in [0.05, 0.1) is 18.1 Å². The van der Waals surface area contributed by atoms with Crippen molar-refractivity contribution in [2.24, 2.45) is 13.0 Å². The summed E-state index contributed by atoms with van der Waals surface area (Å²) in [4.78, 5) is 16.3. The molecule has 0 aliphatic heterocycles. The minimum Gasteiger partial charge on any atom is -0.467 e. The van der Waals surface area contributed by atoms with E-state index in [1.54, 1.807) is 0 Å². The van der Waals surface area contributed by atoms with Gasteiger partial charge in [-0.2, -0.15) is 0 Å². The molecule has 0 aliphatic rings. The van der Waals surface area contributed by atoms with Crippen molar-refractivity contribution in [3.05, 3.63) is 24.3 Å². The molecule has 0 fully saturated rings. The number of ether oxygens (including phenoxy) is 1. The molecule has 0 bridgehead atoms. The Bertz CT molecular complexity index is 589. The predicted molar refractivity (Wildman–Crippen MR) is 75.0 cm³/mol. The van der Waals surface area contributed by atoms with Crippen LogP contribution in [0.15, 0.2) is 24.3 Å². The highest BCUT2D eigenvalue weighted by Crippen LogP contribution is 2.19. The Morgan fingerprint density at radius 2 is 2.05 bits per heavy atom. The zero-order valence-corrected chi connectivity index (χ0v) is 11.7. The largest absolute Gasteiger partial charge is 0.467 e. The third kappa shape index (κ3) is 2.54. The molecule has 2 rings (SSSR count). The lowest BCUT2D eigenvalue weighted by atomic mass is 10.1. The molecular formula is C14H19N3O2. The molecule has 1 aromatic heterocycles. The first kappa shape index (κ1) is 13.4. The lowest BCUT2D eigenvalue weighted by molar-refractivity contribution is -0.142. The number of carbonyl (C=O) groups excluding carboxylic acids is 1. The first-order chi connectivity index (χ1) is 9.04. The highest BCUT2D eigenvalue weighted by molar-refractivity contribution is 5.82. The summed E-state index contributed by atoms with van der Waals surface area (Å²) in [7, 11) is 3.32. The van der Waals surface area contributed by atoms with E-state index < -0.39 is 6.04 Å². The van der Waals surface area contributed by atoms with Gasteiger partial charge < -0.3 is 14.6 Å². The monoisotopic (exact) mass is 261 g/mol. The molecule has 1 heterocycles. The molecule has 0 aliphatic carbocycles. The second kappa shape index (κ2) is 5.30. The first-order valence-electron chi connectivity index (χ1n) is 6.30. The van der Waals surface area contributed by atoms with Crippen LogP contribution in [0.5, 0.6) is 0 Å². The average Bonchev–Trinajstić information content (AvgIpc) is 2.72. The maximum absolute atomic E-state index is 11.8. The van der Waals surface area contributed by atoms with Gasteiger partial charge in [-0.3, -0.25) is 0 Å². The highest BCUT2D eigenvalue weighted by Gasteiger charge is 2.24. The van der Waals surface area contributed by atoms with E-state index in [-0.39, 0.29) is 11.9 Å². The van der Waals surface area contributed by atoms with Crippen molar-refractivity contribution in [1.82, 2.24) is 9.55 Å². The predicted octanol–water partition coefficient (Wildman–Crippen LogP) is 2.18. The van der Waals surface area contributed by atoms with E-state index >= 15 is 0 Å². The Morgan fingerprint density at radius 1 is 1.37 bits per heavy atom. The van der Waals surface area contributed by atoms with Gasteiger partial charge >= 0.3 is 5.97 Å². The number of imidazole rings is 1. The fourth-order valence-corrected chi connectivity index (χ4v) is 2.04. The summed E-state index contributed by atoms with van der Waals surface area (Å²) in [6, 6.07) is 7.45. The molecule has 5 heteroatoms. The molecule has 2 aromatic rings. The van der Waals surface area contributed by atoms with Gasteiger partial charge in [-0.25, -0.2) is 9.78 Å². The minimum atomic E-state index is -0.402. The first-order valence-corrected chi connectivity index (χ1v) is 6.30. The molecule has 1 aromatic carbocycles. The molecule has 5 nitrogen and oxygen atoms in total. The standard InChI is InChI=1S/C14H19N3O2/c1-9(2)12(13(18)19-4)16-14-15-10-7-5-6-8-11(10)17(14)3/h5-9,12H,1-4H3,(H,15,16). The maximum Gasteiger partial charge on any atom is 0.328 e. The van der Waals surface area contributed by atoms with Crippen LogP contribution in [0.1, 0.15) is 13.8 Å². The molecule has 0 amide bonds. The van der Waals surface area contributed by atoms with E-state index in [1.807, 2.05) is 49.7 Å². The second-order valence-corrected chi connectivity index (χ2v) is 4.87. The van der Waals surface area contributed by atoms with Crippen LogP contribution >= 0.6 is 0 Å². The molecule has 1 N–H and O–H groups in total. The van der Waals surface area contributed by atoms with E-state index in [9.17, 15) is 4.79 Å². The molecule has 0 radical (unpaired) electrons. The number of fused-ring (bicyclic) bond motifs is 1. The summed E-state index contributed by atoms with van der Waals surface area (Å²) in [6.45, 7) is 3.94. The number of nitrogens with zero attached hydrogens (tertiary/aromatic N) is 2. The van der Waals surface area contributed by atoms with Crippen LogP contribution < -0.4 is 5.32 Å². The number of aromatic nitrogens is 2. The van der Waals surface area contributed by atoms with Gasteiger partial charge in [0, 0.05) is 7.05 Å². The number of carbonyl (C=O) groups is 1. The third-order valence-electron chi connectivity index (χ3n) is 3.19. The topological polar surface area (TPSA) is 56.1 Å². The SMILES string of the molecule is COC(=O)C(Nc1nc2ccccc2n1C)C(C)C. The quantitative estimate of drug-likeness (QED) is 0.857. The Morgan fingerprint density at radius 3 is 2.63 bits per heavy atom. The van der Waals surface area contributed by atoms with Gasteiger partial charge in [0.2, 0.25) is 5.95 Å². The lowest BCUT2D eigenvalue weighted by Crippen LogP contribution is -2.36. The normalized spacial score (nSPS) is 12.7. The average molecular weight is 261 g/mol. The van der Waals surface area contributed by atoms with Crippen molar-refractivity contribution in [3.63, 3.8) is 0 Å². The molecule has 0 saturated carbocycles. The molecule has 0 spiro atoms. The number of para-hydroxylation sites is 2. The Labute approximate surface area is 112 Å². The van der Waals surface area contributed by atoms with E-state index in [4.69, 9.17) is 4.74 Å². The Balaban J connectivity index is 2.34. The van der Waals surface area contributed by atoms with Gasteiger partial charge in [-0.15, -0.1) is 0 Å². The zero-order valence-electron chi connectivity index (χ0n) is 11.7. The molecule has 0 saturated heterocycles. The number of nitrogens with one attached hydrogen (secondary N) is 1. The van der Waals surface area contributed by atoms with Crippen molar-refractivity contribution in [2.45, 2.75) is 19.9 Å². The Hall–Kier alpha value is -2.04. The smallest absolute Gasteiger partial charge is 0.328 e. The fraction of sp³-hybridized carbons (Fsp3) is 0.429. The molecule has 1 unspecified atom stereocenters. The number of aryl methyl sites for hydroxylation is 1.